The molecule has 0 aliphatic carbocycles. The predicted molar refractivity (Wildman–Crippen MR) is 141 cm³/mol. The zero-order valence-electron chi connectivity index (χ0n) is 20.2. The fraction of sp³-hybridized carbons (Fsp3) is 0.111. The SMILES string of the molecule is COc1cc(/C=C(\Sc2nnc(-c3cc(Cl)ccc3OC)o2)C(=O)O)ccc1OCc1ccccc1C#N. The fourth-order valence-corrected chi connectivity index (χ4v) is 4.24. The molecule has 4 aromatic rings. The topological polar surface area (TPSA) is 128 Å². The summed E-state index contributed by atoms with van der Waals surface area (Å²) in [6.45, 7) is 0.169. The van der Waals surface area contributed by atoms with Crippen molar-refractivity contribution < 1.29 is 28.5 Å². The summed E-state index contributed by atoms with van der Waals surface area (Å²) in [7, 11) is 2.98. The van der Waals surface area contributed by atoms with Crippen LogP contribution in [0.15, 0.2) is 75.2 Å². The molecule has 9 nitrogen and oxygen atoms in total. The van der Waals surface area contributed by atoms with Gasteiger partial charge in [0, 0.05) is 10.6 Å². The van der Waals surface area contributed by atoms with Crippen molar-refractivity contribution in [1.29, 1.82) is 5.26 Å². The number of rotatable bonds is 10. The highest BCUT2D eigenvalue weighted by atomic mass is 35.5. The second-order valence-electron chi connectivity index (χ2n) is 7.60. The molecule has 1 heterocycles. The molecule has 0 bridgehead atoms. The average Bonchev–Trinajstić information content (AvgIpc) is 3.40. The highest BCUT2D eigenvalue weighted by Crippen LogP contribution is 2.36. The summed E-state index contributed by atoms with van der Waals surface area (Å²) in [4.78, 5) is 11.9. The number of carboxylic acid groups (broad SMARTS) is 1. The van der Waals surface area contributed by atoms with Gasteiger partial charge in [-0.05, 0) is 59.8 Å². The molecule has 0 saturated carbocycles. The van der Waals surface area contributed by atoms with Crippen molar-refractivity contribution in [3.05, 3.63) is 87.3 Å². The third-order valence-electron chi connectivity index (χ3n) is 5.21. The van der Waals surface area contributed by atoms with Crippen molar-refractivity contribution in [3.63, 3.8) is 0 Å². The van der Waals surface area contributed by atoms with Gasteiger partial charge in [0.2, 0.25) is 0 Å². The van der Waals surface area contributed by atoms with Crippen molar-refractivity contribution >= 4 is 35.4 Å². The van der Waals surface area contributed by atoms with Crippen LogP contribution in [0.2, 0.25) is 5.02 Å². The van der Waals surface area contributed by atoms with Crippen molar-refractivity contribution in [3.8, 4) is 34.8 Å². The fourth-order valence-electron chi connectivity index (χ4n) is 3.39. The number of carboxylic acids is 1. The van der Waals surface area contributed by atoms with Gasteiger partial charge in [-0.3, -0.25) is 0 Å². The lowest BCUT2D eigenvalue weighted by atomic mass is 10.1. The molecule has 4 rings (SSSR count). The lowest BCUT2D eigenvalue weighted by Crippen LogP contribution is -2.00. The zero-order chi connectivity index (χ0) is 27.1. The second kappa shape index (κ2) is 12.2. The van der Waals surface area contributed by atoms with E-state index in [-0.39, 0.29) is 22.6 Å². The number of methoxy groups -OCH3 is 2. The summed E-state index contributed by atoms with van der Waals surface area (Å²) in [5.74, 6) is 0.282. The molecule has 0 atom stereocenters. The molecule has 0 aliphatic rings. The maximum absolute atomic E-state index is 12.0. The van der Waals surface area contributed by atoms with Gasteiger partial charge in [0.05, 0.1) is 31.4 Å². The summed E-state index contributed by atoms with van der Waals surface area (Å²) in [6.07, 6.45) is 1.45. The maximum atomic E-state index is 12.0. The van der Waals surface area contributed by atoms with Gasteiger partial charge < -0.3 is 23.7 Å². The van der Waals surface area contributed by atoms with E-state index in [0.29, 0.717) is 39.0 Å². The number of hydrogen-bond acceptors (Lipinski definition) is 9. The highest BCUT2D eigenvalue weighted by Gasteiger charge is 2.19. The Balaban J connectivity index is 1.54. The van der Waals surface area contributed by atoms with Crippen LogP contribution in [-0.2, 0) is 11.4 Å². The molecule has 0 saturated heterocycles. The largest absolute Gasteiger partial charge is 0.496 e. The first kappa shape index (κ1) is 26.6. The minimum atomic E-state index is -1.18. The molecule has 0 fully saturated rings. The van der Waals surface area contributed by atoms with Crippen LogP contribution in [0.5, 0.6) is 17.2 Å². The number of halogens is 1. The number of carbonyl (C=O) groups is 1. The second-order valence-corrected chi connectivity index (χ2v) is 9.03. The van der Waals surface area contributed by atoms with E-state index >= 15 is 0 Å². The van der Waals surface area contributed by atoms with E-state index in [1.165, 1.54) is 20.3 Å². The monoisotopic (exact) mass is 549 g/mol. The summed E-state index contributed by atoms with van der Waals surface area (Å²) in [6, 6.07) is 19.2. The van der Waals surface area contributed by atoms with Gasteiger partial charge >= 0.3 is 5.97 Å². The Labute approximate surface area is 227 Å². The summed E-state index contributed by atoms with van der Waals surface area (Å²) in [5, 5.41) is 27.5. The van der Waals surface area contributed by atoms with E-state index in [1.54, 1.807) is 48.5 Å². The summed E-state index contributed by atoms with van der Waals surface area (Å²) >= 11 is 6.88. The van der Waals surface area contributed by atoms with Crippen LogP contribution < -0.4 is 14.2 Å². The molecule has 3 aromatic carbocycles. The Bertz CT molecular complexity index is 1550. The number of hydrogen-bond donors (Lipinski definition) is 1. The molecule has 0 spiro atoms. The van der Waals surface area contributed by atoms with Gasteiger partial charge in [0.25, 0.3) is 11.1 Å². The molecule has 1 aromatic heterocycles. The molecule has 0 radical (unpaired) electrons. The Morgan fingerprint density at radius 1 is 1.08 bits per heavy atom. The Morgan fingerprint density at radius 2 is 1.84 bits per heavy atom. The predicted octanol–water partition coefficient (Wildman–Crippen LogP) is 6.08. The molecule has 0 aliphatic heterocycles. The van der Waals surface area contributed by atoms with Crippen molar-refractivity contribution in [2.45, 2.75) is 11.8 Å². The lowest BCUT2D eigenvalue weighted by molar-refractivity contribution is -0.131. The van der Waals surface area contributed by atoms with Crippen molar-refractivity contribution in [1.82, 2.24) is 10.2 Å². The first-order valence-corrected chi connectivity index (χ1v) is 12.2. The third-order valence-corrected chi connectivity index (χ3v) is 6.30. The molecule has 38 heavy (non-hydrogen) atoms. The number of ether oxygens (including phenoxy) is 3. The smallest absolute Gasteiger partial charge is 0.342 e. The van der Waals surface area contributed by atoms with Gasteiger partial charge in [0.15, 0.2) is 11.5 Å². The zero-order valence-corrected chi connectivity index (χ0v) is 21.7. The Morgan fingerprint density at radius 3 is 2.58 bits per heavy atom. The van der Waals surface area contributed by atoms with Crippen LogP contribution in [0.25, 0.3) is 17.5 Å². The normalized spacial score (nSPS) is 11.1. The molecular formula is C27H20ClN3O6S. The van der Waals surface area contributed by atoms with Crippen LogP contribution in [0.4, 0.5) is 0 Å². The first-order valence-electron chi connectivity index (χ1n) is 11.0. The van der Waals surface area contributed by atoms with Crippen LogP contribution >= 0.6 is 23.4 Å². The van der Waals surface area contributed by atoms with Crippen molar-refractivity contribution in [2.75, 3.05) is 14.2 Å². The van der Waals surface area contributed by atoms with Crippen LogP contribution in [0.3, 0.4) is 0 Å². The number of aliphatic carboxylic acids is 1. The van der Waals surface area contributed by atoms with Gasteiger partial charge in [-0.25, -0.2) is 4.79 Å². The minimum Gasteiger partial charge on any atom is -0.496 e. The van der Waals surface area contributed by atoms with Gasteiger partial charge in [-0.2, -0.15) is 5.26 Å². The quantitative estimate of drug-likeness (QED) is 0.184. The number of thioether (sulfide) groups is 1. The first-order chi connectivity index (χ1) is 18.4. The number of nitrogens with zero attached hydrogens (tertiary/aromatic N) is 3. The number of nitriles is 1. The highest BCUT2D eigenvalue weighted by molar-refractivity contribution is 8.03. The van der Waals surface area contributed by atoms with Gasteiger partial charge in [0.1, 0.15) is 17.3 Å². The lowest BCUT2D eigenvalue weighted by Gasteiger charge is -2.12. The van der Waals surface area contributed by atoms with E-state index in [0.717, 1.165) is 17.3 Å². The molecule has 0 unspecified atom stereocenters. The summed E-state index contributed by atoms with van der Waals surface area (Å²) in [5.41, 5.74) is 2.29. The third kappa shape index (κ3) is 6.26. The van der Waals surface area contributed by atoms with E-state index in [4.69, 9.17) is 30.2 Å². The van der Waals surface area contributed by atoms with Gasteiger partial charge in [-0.15, -0.1) is 10.2 Å². The van der Waals surface area contributed by atoms with Crippen LogP contribution in [0, 0.1) is 11.3 Å². The van der Waals surface area contributed by atoms with Crippen LogP contribution in [0.1, 0.15) is 16.7 Å². The van der Waals surface area contributed by atoms with Crippen LogP contribution in [-0.4, -0.2) is 35.5 Å². The molecule has 192 valence electrons. The maximum Gasteiger partial charge on any atom is 0.342 e. The number of aromatic nitrogens is 2. The molecular weight excluding hydrogens is 530 g/mol. The molecule has 0 amide bonds. The van der Waals surface area contributed by atoms with E-state index in [2.05, 4.69) is 16.3 Å². The van der Waals surface area contributed by atoms with Gasteiger partial charge in [-0.1, -0.05) is 35.9 Å². The molecule has 11 heteroatoms. The Hall–Kier alpha value is -4.46. The van der Waals surface area contributed by atoms with Crippen molar-refractivity contribution in [2.24, 2.45) is 0 Å². The van der Waals surface area contributed by atoms with E-state index in [9.17, 15) is 15.2 Å². The van der Waals surface area contributed by atoms with E-state index < -0.39 is 5.97 Å². The molecule has 1 N–H and O–H groups in total. The average molecular weight is 550 g/mol. The minimum absolute atomic E-state index is 0.0266. The summed E-state index contributed by atoms with van der Waals surface area (Å²) < 4.78 is 22.3. The standard InChI is InChI=1S/C27H20ClN3O6S/c1-34-21-10-8-19(28)13-20(21)25-30-31-27(37-25)38-24(26(32)33)12-16-7-9-22(23(11-16)35-2)36-15-18-6-4-3-5-17(18)14-29/h3-13H,15H2,1-2H3,(H,32,33)/b24-12-. The van der Waals surface area contributed by atoms with E-state index in [1.807, 2.05) is 12.1 Å². The Kier molecular flexibility index (Phi) is 8.53. The number of benzene rings is 3.